The number of carbonyl (C=O) groups excluding carboxylic acids is 1. The van der Waals surface area contributed by atoms with Crippen molar-refractivity contribution in [2.24, 2.45) is 5.90 Å². The lowest BCUT2D eigenvalue weighted by atomic mass is 10.1. The summed E-state index contributed by atoms with van der Waals surface area (Å²) in [5.41, 5.74) is 1.02. The molecule has 112 valence electrons. The zero-order valence-corrected chi connectivity index (χ0v) is 12.4. The molecule has 20 heavy (non-hydrogen) atoms. The Morgan fingerprint density at radius 3 is 2.60 bits per heavy atom. The molecule has 0 aliphatic heterocycles. The summed E-state index contributed by atoms with van der Waals surface area (Å²) in [6.07, 6.45) is 0.129. The van der Waals surface area contributed by atoms with Gasteiger partial charge in [0, 0.05) is 18.2 Å². The Hall–Kier alpha value is -1.79. The summed E-state index contributed by atoms with van der Waals surface area (Å²) in [6, 6.07) is 5.36. The molecule has 0 saturated carbocycles. The summed E-state index contributed by atoms with van der Waals surface area (Å²) in [4.78, 5) is 16.2. The first-order chi connectivity index (χ1) is 9.35. The molecule has 1 aromatic rings. The lowest BCUT2D eigenvalue weighted by Gasteiger charge is -2.20. The van der Waals surface area contributed by atoms with Crippen LogP contribution in [0.4, 0.5) is 10.5 Å². The van der Waals surface area contributed by atoms with Crippen molar-refractivity contribution in [3.63, 3.8) is 0 Å². The predicted octanol–water partition coefficient (Wildman–Crippen LogP) is 2.47. The summed E-state index contributed by atoms with van der Waals surface area (Å²) in [5, 5.41) is 2.66. The molecule has 0 fully saturated rings. The van der Waals surface area contributed by atoms with Crippen LogP contribution in [-0.4, -0.2) is 25.4 Å². The highest BCUT2D eigenvalue weighted by Gasteiger charge is 2.16. The minimum Gasteiger partial charge on any atom is -0.496 e. The Morgan fingerprint density at radius 2 is 2.05 bits per heavy atom. The maximum Gasteiger partial charge on any atom is 0.412 e. The van der Waals surface area contributed by atoms with Crippen LogP contribution in [0.15, 0.2) is 18.2 Å². The van der Waals surface area contributed by atoms with Gasteiger partial charge in [-0.1, -0.05) is 6.07 Å². The largest absolute Gasteiger partial charge is 0.496 e. The molecule has 1 aromatic carbocycles. The summed E-state index contributed by atoms with van der Waals surface area (Å²) < 4.78 is 10.5. The first-order valence-electron chi connectivity index (χ1n) is 6.34. The van der Waals surface area contributed by atoms with E-state index in [1.165, 1.54) is 0 Å². The molecule has 0 saturated heterocycles. The van der Waals surface area contributed by atoms with E-state index in [4.69, 9.17) is 15.4 Å². The smallest absolute Gasteiger partial charge is 0.412 e. The van der Waals surface area contributed by atoms with E-state index < -0.39 is 11.7 Å². The minimum atomic E-state index is -0.535. The highest BCUT2D eigenvalue weighted by molar-refractivity contribution is 5.85. The van der Waals surface area contributed by atoms with E-state index in [1.807, 2.05) is 26.8 Å². The molecule has 0 aromatic heterocycles. The number of hydrogen-bond acceptors (Lipinski definition) is 5. The molecule has 1 amide bonds. The van der Waals surface area contributed by atoms with Crippen molar-refractivity contribution in [3.05, 3.63) is 23.8 Å². The fraction of sp³-hybridized carbons (Fsp3) is 0.500. The molecule has 0 bridgehead atoms. The van der Waals surface area contributed by atoms with Gasteiger partial charge in [0.15, 0.2) is 0 Å². The van der Waals surface area contributed by atoms with Crippen LogP contribution in [0.3, 0.4) is 0 Å². The first kappa shape index (κ1) is 16.3. The normalized spacial score (nSPS) is 11.1. The van der Waals surface area contributed by atoms with Crippen molar-refractivity contribution in [2.45, 2.75) is 32.8 Å². The number of carbonyl (C=O) groups is 1. The van der Waals surface area contributed by atoms with E-state index in [1.54, 1.807) is 19.2 Å². The van der Waals surface area contributed by atoms with Crippen LogP contribution < -0.4 is 16.0 Å². The van der Waals surface area contributed by atoms with Crippen LogP contribution in [0.5, 0.6) is 5.75 Å². The summed E-state index contributed by atoms with van der Waals surface area (Å²) in [6.45, 7) is 5.82. The van der Waals surface area contributed by atoms with Gasteiger partial charge in [0.05, 0.1) is 13.7 Å². The fourth-order valence-electron chi connectivity index (χ4n) is 1.62. The summed E-state index contributed by atoms with van der Waals surface area (Å²) in [7, 11) is 1.57. The third-order valence-corrected chi connectivity index (χ3v) is 2.42. The lowest BCUT2D eigenvalue weighted by Crippen LogP contribution is -2.27. The van der Waals surface area contributed by atoms with E-state index in [2.05, 4.69) is 10.2 Å². The van der Waals surface area contributed by atoms with Gasteiger partial charge in [-0.15, -0.1) is 0 Å². The topological polar surface area (TPSA) is 82.8 Å². The molecule has 1 rings (SSSR count). The highest BCUT2D eigenvalue weighted by Crippen LogP contribution is 2.24. The predicted molar refractivity (Wildman–Crippen MR) is 76.7 cm³/mol. The number of benzene rings is 1. The van der Waals surface area contributed by atoms with E-state index in [0.29, 0.717) is 24.5 Å². The van der Waals surface area contributed by atoms with Crippen LogP contribution in [-0.2, 0) is 16.0 Å². The maximum absolute atomic E-state index is 11.7. The Labute approximate surface area is 119 Å². The van der Waals surface area contributed by atoms with Gasteiger partial charge in [-0.2, -0.15) is 0 Å². The van der Waals surface area contributed by atoms with Gasteiger partial charge >= 0.3 is 6.09 Å². The van der Waals surface area contributed by atoms with Gasteiger partial charge in [0.25, 0.3) is 0 Å². The molecule has 6 heteroatoms. The number of hydrogen-bond donors (Lipinski definition) is 2. The van der Waals surface area contributed by atoms with E-state index in [0.717, 1.165) is 5.56 Å². The highest BCUT2D eigenvalue weighted by atomic mass is 16.6. The van der Waals surface area contributed by atoms with Gasteiger partial charge < -0.3 is 14.3 Å². The average Bonchev–Trinajstić information content (AvgIpc) is 2.34. The Bertz CT molecular complexity index is 455. The second-order valence-corrected chi connectivity index (χ2v) is 5.27. The molecule has 0 atom stereocenters. The number of nitrogens with one attached hydrogen (secondary N) is 1. The van der Waals surface area contributed by atoms with Crippen LogP contribution >= 0.6 is 0 Å². The molecule has 0 heterocycles. The molecule has 0 spiro atoms. The number of anilines is 1. The van der Waals surface area contributed by atoms with Crippen LogP contribution in [0.1, 0.15) is 26.3 Å². The summed E-state index contributed by atoms with van der Waals surface area (Å²) >= 11 is 0. The van der Waals surface area contributed by atoms with Crippen molar-refractivity contribution in [1.29, 1.82) is 0 Å². The van der Waals surface area contributed by atoms with Crippen molar-refractivity contribution in [1.82, 2.24) is 0 Å². The number of amides is 1. The quantitative estimate of drug-likeness (QED) is 0.811. The van der Waals surface area contributed by atoms with Gasteiger partial charge in [-0.05, 0) is 32.4 Å². The van der Waals surface area contributed by atoms with Gasteiger partial charge in [-0.25, -0.2) is 10.7 Å². The molecule has 0 aliphatic carbocycles. The van der Waals surface area contributed by atoms with Crippen molar-refractivity contribution in [3.8, 4) is 5.75 Å². The lowest BCUT2D eigenvalue weighted by molar-refractivity contribution is 0.0636. The first-order valence-corrected chi connectivity index (χ1v) is 6.34. The second kappa shape index (κ2) is 7.12. The van der Waals surface area contributed by atoms with Gasteiger partial charge in [-0.3, -0.25) is 5.32 Å². The second-order valence-electron chi connectivity index (χ2n) is 5.27. The number of rotatable bonds is 5. The van der Waals surface area contributed by atoms with Gasteiger partial charge in [0.2, 0.25) is 0 Å². The fourth-order valence-corrected chi connectivity index (χ4v) is 1.62. The Kier molecular flexibility index (Phi) is 5.79. The Morgan fingerprint density at radius 1 is 1.35 bits per heavy atom. The summed E-state index contributed by atoms with van der Waals surface area (Å²) in [5.74, 6) is 5.67. The molecule has 0 radical (unpaired) electrons. The number of methoxy groups -OCH3 is 1. The van der Waals surface area contributed by atoms with Crippen molar-refractivity contribution >= 4 is 11.8 Å². The zero-order chi connectivity index (χ0) is 15.2. The van der Waals surface area contributed by atoms with Crippen molar-refractivity contribution < 1.29 is 19.1 Å². The third-order valence-electron chi connectivity index (χ3n) is 2.42. The molecule has 0 aliphatic rings. The van der Waals surface area contributed by atoms with E-state index >= 15 is 0 Å². The monoisotopic (exact) mass is 282 g/mol. The van der Waals surface area contributed by atoms with Crippen LogP contribution in [0.2, 0.25) is 0 Å². The average molecular weight is 282 g/mol. The Balaban J connectivity index is 2.75. The minimum absolute atomic E-state index is 0.398. The standard InChI is InChI=1S/C14H22N2O4/c1-14(2,3)20-13(17)16-11-6-5-10(7-8-19-15)12(9-11)18-4/h5-6,9H,7-8,15H2,1-4H3,(H,16,17). The van der Waals surface area contributed by atoms with Crippen molar-refractivity contribution in [2.75, 3.05) is 19.0 Å². The van der Waals surface area contributed by atoms with Gasteiger partial charge in [0.1, 0.15) is 11.4 Å². The number of ether oxygens (including phenoxy) is 2. The van der Waals surface area contributed by atoms with E-state index in [-0.39, 0.29) is 0 Å². The zero-order valence-electron chi connectivity index (χ0n) is 12.4. The maximum atomic E-state index is 11.7. The SMILES string of the molecule is COc1cc(NC(=O)OC(C)(C)C)ccc1CCON. The van der Waals surface area contributed by atoms with Crippen LogP contribution in [0.25, 0.3) is 0 Å². The molecule has 6 nitrogen and oxygen atoms in total. The third kappa shape index (κ3) is 5.46. The van der Waals surface area contributed by atoms with Crippen LogP contribution in [0, 0.1) is 0 Å². The molecule has 3 N–H and O–H groups in total. The molecular weight excluding hydrogens is 260 g/mol. The van der Waals surface area contributed by atoms with E-state index in [9.17, 15) is 4.79 Å². The molecular formula is C14H22N2O4. The molecule has 0 unspecified atom stereocenters. The number of nitrogens with two attached hydrogens (primary N) is 1.